The summed E-state index contributed by atoms with van der Waals surface area (Å²) in [6.45, 7) is 1.51. The van der Waals surface area contributed by atoms with Gasteiger partial charge in [-0.3, -0.25) is 10.1 Å². The summed E-state index contributed by atoms with van der Waals surface area (Å²) in [5.74, 6) is -1.26. The van der Waals surface area contributed by atoms with Crippen LogP contribution >= 0.6 is 0 Å². The van der Waals surface area contributed by atoms with E-state index < -0.39 is 10.9 Å². The molecular weight excluding hydrogens is 262 g/mol. The Morgan fingerprint density at radius 1 is 1.50 bits per heavy atom. The molecular formula is C13H9N3O4. The average molecular weight is 271 g/mol. The molecule has 0 aliphatic rings. The van der Waals surface area contributed by atoms with Gasteiger partial charge in [-0.2, -0.15) is 5.26 Å². The third-order valence-electron chi connectivity index (χ3n) is 2.92. The highest BCUT2D eigenvalue weighted by Gasteiger charge is 2.20. The number of hydrogen-bond acceptors (Lipinski definition) is 4. The molecule has 2 rings (SSSR count). The second kappa shape index (κ2) is 4.85. The number of nitro groups is 1. The highest BCUT2D eigenvalue weighted by Crippen LogP contribution is 2.27. The molecule has 1 heterocycles. The van der Waals surface area contributed by atoms with Crippen molar-refractivity contribution in [1.29, 1.82) is 5.26 Å². The van der Waals surface area contributed by atoms with E-state index in [1.54, 1.807) is 18.3 Å². The Hall–Kier alpha value is -3.14. The average Bonchev–Trinajstić information content (AvgIpc) is 2.86. The molecule has 0 amide bonds. The van der Waals surface area contributed by atoms with Crippen LogP contribution in [-0.2, 0) is 0 Å². The van der Waals surface area contributed by atoms with Crippen LogP contribution in [0.4, 0.5) is 5.69 Å². The second-order valence-corrected chi connectivity index (χ2v) is 4.08. The number of carboxylic acid groups (broad SMARTS) is 1. The van der Waals surface area contributed by atoms with Crippen LogP contribution in [-0.4, -0.2) is 20.6 Å². The molecule has 2 aromatic rings. The number of nitrogens with zero attached hydrogens (tertiary/aromatic N) is 3. The number of carbonyl (C=O) groups is 1. The normalized spacial score (nSPS) is 10.0. The van der Waals surface area contributed by atoms with Crippen molar-refractivity contribution in [1.82, 2.24) is 4.57 Å². The van der Waals surface area contributed by atoms with Crippen LogP contribution in [0.15, 0.2) is 30.5 Å². The first kappa shape index (κ1) is 13.3. The van der Waals surface area contributed by atoms with Crippen LogP contribution < -0.4 is 0 Å². The van der Waals surface area contributed by atoms with Crippen molar-refractivity contribution in [3.05, 3.63) is 57.4 Å². The number of benzene rings is 1. The lowest BCUT2D eigenvalue weighted by molar-refractivity contribution is -0.385. The number of nitriles is 1. The minimum Gasteiger partial charge on any atom is -0.478 e. The molecule has 7 heteroatoms. The fraction of sp³-hybridized carbons (Fsp3) is 0.0769. The molecule has 0 aliphatic carbocycles. The van der Waals surface area contributed by atoms with Crippen LogP contribution in [0.25, 0.3) is 5.69 Å². The van der Waals surface area contributed by atoms with Crippen LogP contribution in [0.3, 0.4) is 0 Å². The molecule has 0 saturated heterocycles. The van der Waals surface area contributed by atoms with E-state index in [0.29, 0.717) is 11.3 Å². The molecule has 1 N–H and O–H groups in total. The number of aromatic carboxylic acids is 1. The fourth-order valence-electron chi connectivity index (χ4n) is 1.93. The smallest absolute Gasteiger partial charge is 0.336 e. The quantitative estimate of drug-likeness (QED) is 0.680. The van der Waals surface area contributed by atoms with Crippen molar-refractivity contribution in [2.75, 3.05) is 0 Å². The van der Waals surface area contributed by atoms with Crippen LogP contribution in [0.5, 0.6) is 0 Å². The Kier molecular flexibility index (Phi) is 3.23. The van der Waals surface area contributed by atoms with Crippen molar-refractivity contribution in [2.45, 2.75) is 6.92 Å². The first-order chi connectivity index (χ1) is 9.45. The molecule has 0 fully saturated rings. The molecule has 100 valence electrons. The molecule has 0 aliphatic heterocycles. The van der Waals surface area contributed by atoms with Gasteiger partial charge in [-0.05, 0) is 25.1 Å². The third-order valence-corrected chi connectivity index (χ3v) is 2.92. The van der Waals surface area contributed by atoms with Gasteiger partial charge in [-0.15, -0.1) is 0 Å². The molecule has 1 aromatic carbocycles. The largest absolute Gasteiger partial charge is 0.478 e. The lowest BCUT2D eigenvalue weighted by Gasteiger charge is -2.10. The summed E-state index contributed by atoms with van der Waals surface area (Å²) in [4.78, 5) is 21.4. The van der Waals surface area contributed by atoms with Gasteiger partial charge in [0.05, 0.1) is 21.7 Å². The second-order valence-electron chi connectivity index (χ2n) is 4.08. The Balaban J connectivity index is 2.79. The van der Waals surface area contributed by atoms with Gasteiger partial charge in [-0.1, -0.05) is 0 Å². The van der Waals surface area contributed by atoms with E-state index in [1.165, 1.54) is 17.6 Å². The highest BCUT2D eigenvalue weighted by atomic mass is 16.6. The summed E-state index contributed by atoms with van der Waals surface area (Å²) >= 11 is 0. The summed E-state index contributed by atoms with van der Waals surface area (Å²) in [5.41, 5.74) is 0.378. The van der Waals surface area contributed by atoms with E-state index in [9.17, 15) is 14.9 Å². The molecule has 0 unspecified atom stereocenters. The van der Waals surface area contributed by atoms with Gasteiger partial charge >= 0.3 is 5.97 Å². The lowest BCUT2D eigenvalue weighted by Crippen LogP contribution is -2.06. The maximum absolute atomic E-state index is 11.1. The first-order valence-electron chi connectivity index (χ1n) is 5.56. The molecule has 20 heavy (non-hydrogen) atoms. The van der Waals surface area contributed by atoms with Crippen molar-refractivity contribution in [3.63, 3.8) is 0 Å². The summed E-state index contributed by atoms with van der Waals surface area (Å²) in [5, 5.41) is 29.0. The minimum atomic E-state index is -1.26. The Morgan fingerprint density at radius 3 is 2.75 bits per heavy atom. The van der Waals surface area contributed by atoms with E-state index in [4.69, 9.17) is 10.4 Å². The van der Waals surface area contributed by atoms with Gasteiger partial charge in [0.1, 0.15) is 11.8 Å². The Morgan fingerprint density at radius 2 is 2.20 bits per heavy atom. The zero-order valence-electron chi connectivity index (χ0n) is 10.4. The van der Waals surface area contributed by atoms with E-state index >= 15 is 0 Å². The van der Waals surface area contributed by atoms with Gasteiger partial charge in [0.25, 0.3) is 5.69 Å². The summed E-state index contributed by atoms with van der Waals surface area (Å²) in [6, 6.07) is 7.41. The lowest BCUT2D eigenvalue weighted by atomic mass is 10.1. The van der Waals surface area contributed by atoms with Crippen LogP contribution in [0.1, 0.15) is 21.6 Å². The number of nitro benzene ring substituents is 1. The van der Waals surface area contributed by atoms with Crippen molar-refractivity contribution >= 4 is 11.7 Å². The van der Waals surface area contributed by atoms with Crippen molar-refractivity contribution < 1.29 is 14.8 Å². The number of carboxylic acids is 1. The zero-order valence-corrected chi connectivity index (χ0v) is 10.4. The van der Waals surface area contributed by atoms with Gasteiger partial charge in [0.2, 0.25) is 0 Å². The van der Waals surface area contributed by atoms with E-state index in [0.717, 1.165) is 6.07 Å². The maximum atomic E-state index is 11.1. The number of hydrogen-bond donors (Lipinski definition) is 1. The Labute approximate surface area is 113 Å². The number of rotatable bonds is 3. The maximum Gasteiger partial charge on any atom is 0.336 e. The standard InChI is InChI=1S/C13H9N3O4/c1-8-11(15-4-2-3-10(15)7-14)5-9(13(17)18)6-12(8)16(19)20/h2-6H,1H3,(H,17,18). The molecule has 1 aromatic heterocycles. The minimum absolute atomic E-state index is 0.199. The predicted molar refractivity (Wildman–Crippen MR) is 68.8 cm³/mol. The van der Waals surface area contributed by atoms with Gasteiger partial charge < -0.3 is 9.67 Å². The van der Waals surface area contributed by atoms with E-state index in [1.807, 2.05) is 6.07 Å². The topological polar surface area (TPSA) is 109 Å². The molecule has 0 atom stereocenters. The van der Waals surface area contributed by atoms with Crippen LogP contribution in [0, 0.1) is 28.4 Å². The molecule has 0 radical (unpaired) electrons. The van der Waals surface area contributed by atoms with Crippen LogP contribution in [0.2, 0.25) is 0 Å². The molecule has 0 spiro atoms. The van der Waals surface area contributed by atoms with Crippen molar-refractivity contribution in [3.8, 4) is 11.8 Å². The van der Waals surface area contributed by atoms with E-state index in [2.05, 4.69) is 0 Å². The predicted octanol–water partition coefficient (Wildman–Crippen LogP) is 2.26. The van der Waals surface area contributed by atoms with Gasteiger partial charge in [0, 0.05) is 12.3 Å². The Bertz CT molecular complexity index is 755. The third kappa shape index (κ3) is 2.10. The van der Waals surface area contributed by atoms with Crippen molar-refractivity contribution in [2.24, 2.45) is 0 Å². The first-order valence-corrected chi connectivity index (χ1v) is 5.56. The molecule has 0 saturated carbocycles. The fourth-order valence-corrected chi connectivity index (χ4v) is 1.93. The summed E-state index contributed by atoms with van der Waals surface area (Å²) in [6.07, 6.45) is 1.55. The number of aromatic nitrogens is 1. The monoisotopic (exact) mass is 271 g/mol. The zero-order chi connectivity index (χ0) is 14.9. The summed E-state index contributed by atoms with van der Waals surface area (Å²) in [7, 11) is 0. The highest BCUT2D eigenvalue weighted by molar-refractivity contribution is 5.90. The SMILES string of the molecule is Cc1c(-n2cccc2C#N)cc(C(=O)O)cc1[N+](=O)[O-]. The van der Waals surface area contributed by atoms with E-state index in [-0.39, 0.29) is 16.9 Å². The van der Waals surface area contributed by atoms with Gasteiger partial charge in [0.15, 0.2) is 0 Å². The summed E-state index contributed by atoms with van der Waals surface area (Å²) < 4.78 is 1.43. The van der Waals surface area contributed by atoms with Gasteiger partial charge in [-0.25, -0.2) is 4.79 Å². The molecule has 7 nitrogen and oxygen atoms in total. The molecule has 0 bridgehead atoms.